The van der Waals surface area contributed by atoms with E-state index in [0.29, 0.717) is 0 Å². The Morgan fingerprint density at radius 3 is 1.26 bits per heavy atom. The van der Waals surface area contributed by atoms with Gasteiger partial charge in [-0.2, -0.15) is 0 Å². The van der Waals surface area contributed by atoms with Gasteiger partial charge in [-0.05, 0) is 101 Å². The molecule has 0 aliphatic carbocycles. The quantitative estimate of drug-likeness (QED) is 0.0483. The average molecular weight is 802 g/mol. The van der Waals surface area contributed by atoms with Gasteiger partial charge in [0.25, 0.3) is 0 Å². The molecule has 0 bridgehead atoms. The zero-order valence-electron chi connectivity index (χ0n) is 33.8. The van der Waals surface area contributed by atoms with Crippen molar-refractivity contribution in [3.05, 3.63) is 158 Å². The van der Waals surface area contributed by atoms with Gasteiger partial charge in [-0.3, -0.25) is 0 Å². The zero-order valence-corrected chi connectivity index (χ0v) is 35.3. The van der Waals surface area contributed by atoms with Crippen LogP contribution in [0, 0.1) is 13.8 Å². The Morgan fingerprint density at radius 2 is 0.849 bits per heavy atom. The summed E-state index contributed by atoms with van der Waals surface area (Å²) in [6, 6.07) is 35.4. The first-order valence-electron chi connectivity index (χ1n) is 20.6. The van der Waals surface area contributed by atoms with Crippen LogP contribution in [0.25, 0.3) is 16.9 Å². The van der Waals surface area contributed by atoms with Gasteiger partial charge in [-0.25, -0.2) is 4.70 Å². The van der Waals surface area contributed by atoms with Crippen molar-refractivity contribution >= 4 is 11.4 Å². The molecular weight excluding hydrogens is 735 g/mol. The molecule has 0 saturated heterocycles. The van der Waals surface area contributed by atoms with Crippen LogP contribution in [0.5, 0.6) is 0 Å². The van der Waals surface area contributed by atoms with Crippen LogP contribution in [0.15, 0.2) is 108 Å². The molecule has 0 radical (unpaired) electrons. The van der Waals surface area contributed by atoms with E-state index in [9.17, 15) is 5.53 Å². The van der Waals surface area contributed by atoms with Crippen molar-refractivity contribution in [3.63, 3.8) is 0 Å². The number of rotatable bonds is 20. The van der Waals surface area contributed by atoms with Crippen LogP contribution in [0.1, 0.15) is 136 Å². The maximum atomic E-state index is 11.9. The van der Waals surface area contributed by atoms with E-state index in [-0.39, 0.29) is 0 Å². The number of benzene rings is 4. The van der Waals surface area contributed by atoms with E-state index in [2.05, 4.69) is 139 Å². The van der Waals surface area contributed by atoms with Crippen LogP contribution >= 0.6 is 0 Å². The summed E-state index contributed by atoms with van der Waals surface area (Å²) < 4.78 is 1.56. The van der Waals surface area contributed by atoms with Gasteiger partial charge >= 0.3 is 112 Å². The third-order valence-corrected chi connectivity index (χ3v) is 11.9. The second-order valence-electron chi connectivity index (χ2n) is 14.7. The molecule has 2 nitrogen and oxygen atoms in total. The van der Waals surface area contributed by atoms with Gasteiger partial charge < -0.3 is 5.53 Å². The first kappa shape index (κ1) is 42.4. The molecule has 0 unspecified atom stereocenters. The van der Waals surface area contributed by atoms with Crippen molar-refractivity contribution in [1.82, 2.24) is 0 Å². The third-order valence-electron chi connectivity index (χ3n) is 10.0. The van der Waals surface area contributed by atoms with Gasteiger partial charge in [-0.15, -0.1) is 0 Å². The standard InChI is InChI=1S/C34H48N2.2C8H9.Pd/c1-7-11-15-27-22-28(16-12-8-2)24-30(23-27)34-32(18-14-10-4)31(17-13-9-3)33(36(34)35)29-20-25(5)19-26(6)21-29;2*1-2-8-6-4-3-5-7-8;/h19-24H,7-18H2,1-6H3;2*3-7H,1-2H2;. The molecule has 4 aromatic carbocycles. The van der Waals surface area contributed by atoms with E-state index < -0.39 is 0 Å². The van der Waals surface area contributed by atoms with Crippen LogP contribution < -0.4 is 0 Å². The molecule has 0 aromatic heterocycles. The second-order valence-corrected chi connectivity index (χ2v) is 17.1. The first-order valence-corrected chi connectivity index (χ1v) is 22.8. The van der Waals surface area contributed by atoms with Crippen molar-refractivity contribution < 1.29 is 22.7 Å². The number of allylic oxidation sites excluding steroid dienone is 2. The van der Waals surface area contributed by atoms with Gasteiger partial charge in [0.15, 0.2) is 0 Å². The molecule has 0 atom stereocenters. The van der Waals surface area contributed by atoms with Gasteiger partial charge in [0.1, 0.15) is 0 Å². The van der Waals surface area contributed by atoms with Crippen LogP contribution in [0.2, 0.25) is 9.79 Å². The Morgan fingerprint density at radius 1 is 0.453 bits per heavy atom. The first-order chi connectivity index (χ1) is 25.9. The average Bonchev–Trinajstić information content (AvgIpc) is 3.45. The summed E-state index contributed by atoms with van der Waals surface area (Å²) >= 11 is 0.891. The molecule has 1 heterocycles. The van der Waals surface area contributed by atoms with Crippen molar-refractivity contribution in [3.8, 4) is 0 Å². The summed E-state index contributed by atoms with van der Waals surface area (Å²) in [5.41, 5.74) is 27.3. The molecule has 0 fully saturated rings. The molecule has 1 aliphatic rings. The predicted molar refractivity (Wildman–Crippen MR) is 226 cm³/mol. The van der Waals surface area contributed by atoms with Gasteiger partial charge in [0, 0.05) is 22.3 Å². The molecule has 4 aromatic rings. The van der Waals surface area contributed by atoms with E-state index in [0.717, 1.165) is 86.3 Å². The Kier molecular flexibility index (Phi) is 18.7. The summed E-state index contributed by atoms with van der Waals surface area (Å²) in [7, 11) is 0. The fourth-order valence-electron chi connectivity index (χ4n) is 7.22. The number of nitrogens with zero attached hydrogens (tertiary/aromatic N) is 2. The van der Waals surface area contributed by atoms with E-state index >= 15 is 0 Å². The Balaban J connectivity index is 0.000000306. The summed E-state index contributed by atoms with van der Waals surface area (Å²) in [5, 5.41) is 0. The number of hydrogen-bond acceptors (Lipinski definition) is 0. The normalized spacial score (nSPS) is 12.8. The molecule has 1 aliphatic heterocycles. The minimum atomic E-state index is 0.891. The fourth-order valence-corrected chi connectivity index (χ4v) is 9.05. The Hall–Kier alpha value is -3.38. The topological polar surface area (TPSA) is 25.3 Å². The molecule has 0 spiro atoms. The van der Waals surface area contributed by atoms with Crippen molar-refractivity contribution in [2.24, 2.45) is 0 Å². The third kappa shape index (κ3) is 13.5. The number of unbranched alkanes of at least 4 members (excludes halogenated alkanes) is 4. The van der Waals surface area contributed by atoms with Crippen molar-refractivity contribution in [2.45, 2.75) is 141 Å². The van der Waals surface area contributed by atoms with Crippen LogP contribution in [-0.2, 0) is 43.7 Å². The van der Waals surface area contributed by atoms with Crippen molar-refractivity contribution in [2.75, 3.05) is 0 Å². The van der Waals surface area contributed by atoms with Crippen LogP contribution in [0.3, 0.4) is 0 Å². The van der Waals surface area contributed by atoms with E-state index in [1.807, 2.05) is 0 Å². The second kappa shape index (κ2) is 23.4. The van der Waals surface area contributed by atoms with Crippen molar-refractivity contribution in [1.29, 1.82) is 0 Å². The molecule has 0 N–H and O–H groups in total. The number of hydrogen-bond donors (Lipinski definition) is 0. The molecular formula is C50H66N2Pd. The summed E-state index contributed by atoms with van der Waals surface area (Å²) in [6.07, 6.45) is 16.1. The fraction of sp³-hybridized carbons (Fsp3) is 0.440. The molecule has 286 valence electrons. The van der Waals surface area contributed by atoms with Crippen LogP contribution in [0.4, 0.5) is 0 Å². The Bertz CT molecular complexity index is 1680. The molecule has 3 heteroatoms. The maximum absolute atomic E-state index is 11.9. The molecule has 53 heavy (non-hydrogen) atoms. The summed E-state index contributed by atoms with van der Waals surface area (Å²) in [6.45, 7) is 13.4. The van der Waals surface area contributed by atoms with E-state index in [4.69, 9.17) is 0 Å². The van der Waals surface area contributed by atoms with E-state index in [1.54, 1.807) is 4.70 Å². The van der Waals surface area contributed by atoms with Gasteiger partial charge in [0.05, 0.1) is 0 Å². The molecule has 0 amide bonds. The van der Waals surface area contributed by atoms with Gasteiger partial charge in [-0.1, -0.05) is 76.6 Å². The summed E-state index contributed by atoms with van der Waals surface area (Å²) in [5.74, 6) is 0. The SMILES string of the molecule is CCCCC1=C(c2cc(C)cc(C)c2)[N+](=[N-])C(c2cc(CCCC)cc(CCCC)c2)=C1CCCC.c1ccc(C[CH2][Pd][CH2]Cc2ccccc2)cc1. The van der Waals surface area contributed by atoms with Crippen LogP contribution in [-0.4, -0.2) is 4.70 Å². The van der Waals surface area contributed by atoms with E-state index in [1.165, 1.54) is 98.4 Å². The number of aryl methyl sites for hydroxylation is 6. The molecule has 0 saturated carbocycles. The molecule has 5 rings (SSSR count). The Labute approximate surface area is 331 Å². The predicted octanol–water partition coefficient (Wildman–Crippen LogP) is 14.9. The minimum absolute atomic E-state index is 0.891. The monoisotopic (exact) mass is 800 g/mol. The van der Waals surface area contributed by atoms with Gasteiger partial charge in [0.2, 0.25) is 11.4 Å². The zero-order chi connectivity index (χ0) is 37.8. The summed E-state index contributed by atoms with van der Waals surface area (Å²) in [4.78, 5) is 2.70.